The fourth-order valence-corrected chi connectivity index (χ4v) is 3.89. The number of imidazole rings is 1. The molecule has 0 spiro atoms. The van der Waals surface area contributed by atoms with E-state index in [1.165, 1.54) is 0 Å². The number of aromatic nitrogens is 2. The molecule has 2 amide bonds. The summed E-state index contributed by atoms with van der Waals surface area (Å²) in [4.78, 5) is 31.6. The minimum atomic E-state index is -0.352. The number of anilines is 1. The van der Waals surface area contributed by atoms with Gasteiger partial charge in [0.2, 0.25) is 11.8 Å². The van der Waals surface area contributed by atoms with Crippen molar-refractivity contribution in [3.8, 4) is 0 Å². The zero-order valence-electron chi connectivity index (χ0n) is 16.1. The molecule has 0 unspecified atom stereocenters. The first-order valence-corrected chi connectivity index (χ1v) is 9.69. The number of nitrogens with zero attached hydrogens (tertiary/aromatic N) is 3. The molecule has 1 N–H and O–H groups in total. The molecule has 4 rings (SSSR count). The van der Waals surface area contributed by atoms with Gasteiger partial charge in [-0.3, -0.25) is 9.59 Å². The molecule has 3 aromatic rings. The van der Waals surface area contributed by atoms with Gasteiger partial charge < -0.3 is 14.8 Å². The third kappa shape index (κ3) is 3.26. The number of fused-ring (bicyclic) bond motifs is 1. The Morgan fingerprint density at radius 3 is 2.64 bits per heavy atom. The van der Waals surface area contributed by atoms with Crippen molar-refractivity contribution >= 4 is 28.5 Å². The van der Waals surface area contributed by atoms with E-state index < -0.39 is 0 Å². The smallest absolute Gasteiger partial charge is 0.227 e. The summed E-state index contributed by atoms with van der Waals surface area (Å²) >= 11 is 0. The number of carbonyl (C=O) groups is 2. The fourth-order valence-electron chi connectivity index (χ4n) is 3.89. The van der Waals surface area contributed by atoms with Crippen molar-refractivity contribution < 1.29 is 9.59 Å². The van der Waals surface area contributed by atoms with Crippen molar-refractivity contribution in [2.24, 2.45) is 5.92 Å². The fraction of sp³-hybridized carbons (Fsp3) is 0.318. The molecule has 1 aliphatic heterocycles. The molecule has 28 heavy (non-hydrogen) atoms. The first-order valence-electron chi connectivity index (χ1n) is 9.69. The molecule has 6 nitrogen and oxygen atoms in total. The molecular weight excluding hydrogens is 352 g/mol. The van der Waals surface area contributed by atoms with Gasteiger partial charge in [0.1, 0.15) is 5.82 Å². The minimum absolute atomic E-state index is 0.0141. The van der Waals surface area contributed by atoms with E-state index in [2.05, 4.69) is 16.8 Å². The summed E-state index contributed by atoms with van der Waals surface area (Å²) in [5.74, 6) is 0.365. The third-order valence-electron chi connectivity index (χ3n) is 5.31. The second kappa shape index (κ2) is 7.46. The standard InChI is InChI=1S/C22H24N4O2/c1-3-25-19-12-8-7-11-18(19)24-21(25)15(2)23-22(28)16-13-20(27)26(14-16)17-9-5-4-6-10-17/h4-12,15-16H,3,13-14H2,1-2H3,(H,23,28)/t15-,16-/m0/s1. The lowest BCUT2D eigenvalue weighted by atomic mass is 10.1. The SMILES string of the molecule is CCn1c([C@H](C)NC(=O)[C@H]2CC(=O)N(c3ccccc3)C2)nc2ccccc21. The van der Waals surface area contributed by atoms with Crippen molar-refractivity contribution in [1.29, 1.82) is 0 Å². The van der Waals surface area contributed by atoms with E-state index >= 15 is 0 Å². The Morgan fingerprint density at radius 1 is 1.18 bits per heavy atom. The number of carbonyl (C=O) groups excluding carboxylic acids is 2. The molecule has 0 bridgehead atoms. The van der Waals surface area contributed by atoms with Crippen LogP contribution in [-0.2, 0) is 16.1 Å². The van der Waals surface area contributed by atoms with E-state index in [4.69, 9.17) is 4.98 Å². The molecular formula is C22H24N4O2. The molecule has 0 saturated carbocycles. The van der Waals surface area contributed by atoms with Gasteiger partial charge in [0, 0.05) is 25.2 Å². The quantitative estimate of drug-likeness (QED) is 0.743. The molecule has 1 aliphatic rings. The summed E-state index contributed by atoms with van der Waals surface area (Å²) in [7, 11) is 0. The van der Waals surface area contributed by atoms with Gasteiger partial charge >= 0.3 is 0 Å². The van der Waals surface area contributed by atoms with Crippen LogP contribution in [0.3, 0.4) is 0 Å². The molecule has 0 radical (unpaired) electrons. The summed E-state index contributed by atoms with van der Waals surface area (Å²) < 4.78 is 2.12. The highest BCUT2D eigenvalue weighted by Gasteiger charge is 2.35. The number of hydrogen-bond donors (Lipinski definition) is 1. The van der Waals surface area contributed by atoms with Crippen molar-refractivity contribution in [3.63, 3.8) is 0 Å². The van der Waals surface area contributed by atoms with E-state index in [1.54, 1.807) is 4.90 Å². The largest absolute Gasteiger partial charge is 0.346 e. The number of nitrogens with one attached hydrogen (secondary N) is 1. The van der Waals surface area contributed by atoms with Gasteiger partial charge in [-0.25, -0.2) is 4.98 Å². The van der Waals surface area contributed by atoms with Gasteiger partial charge in [-0.05, 0) is 38.1 Å². The van der Waals surface area contributed by atoms with Gasteiger partial charge in [0.15, 0.2) is 0 Å². The van der Waals surface area contributed by atoms with Gasteiger partial charge in [-0.2, -0.15) is 0 Å². The van der Waals surface area contributed by atoms with Crippen molar-refractivity contribution in [2.45, 2.75) is 32.9 Å². The predicted molar refractivity (Wildman–Crippen MR) is 109 cm³/mol. The third-order valence-corrected chi connectivity index (χ3v) is 5.31. The highest BCUT2D eigenvalue weighted by Crippen LogP contribution is 2.26. The van der Waals surface area contributed by atoms with Gasteiger partial charge in [0.05, 0.1) is 23.0 Å². The molecule has 1 aromatic heterocycles. The number of benzene rings is 2. The number of para-hydroxylation sites is 3. The second-order valence-electron chi connectivity index (χ2n) is 7.17. The van der Waals surface area contributed by atoms with Gasteiger partial charge in [-0.15, -0.1) is 0 Å². The number of hydrogen-bond acceptors (Lipinski definition) is 3. The molecule has 2 aromatic carbocycles. The summed E-state index contributed by atoms with van der Waals surface area (Å²) in [6, 6.07) is 17.2. The molecule has 1 saturated heterocycles. The molecule has 1 fully saturated rings. The van der Waals surface area contributed by atoms with Crippen LogP contribution in [0.5, 0.6) is 0 Å². The Labute approximate surface area is 164 Å². The Balaban J connectivity index is 1.49. The van der Waals surface area contributed by atoms with Gasteiger partial charge in [-0.1, -0.05) is 30.3 Å². The lowest BCUT2D eigenvalue weighted by molar-refractivity contribution is -0.126. The summed E-state index contributed by atoms with van der Waals surface area (Å²) in [6.45, 7) is 5.20. The van der Waals surface area contributed by atoms with Crippen LogP contribution < -0.4 is 10.2 Å². The van der Waals surface area contributed by atoms with E-state index in [0.717, 1.165) is 29.1 Å². The predicted octanol–water partition coefficient (Wildman–Crippen LogP) is 3.29. The van der Waals surface area contributed by atoms with Gasteiger partial charge in [0.25, 0.3) is 0 Å². The van der Waals surface area contributed by atoms with Crippen molar-refractivity contribution in [3.05, 3.63) is 60.4 Å². The Kier molecular flexibility index (Phi) is 4.86. The zero-order valence-corrected chi connectivity index (χ0v) is 16.1. The Hall–Kier alpha value is -3.15. The van der Waals surface area contributed by atoms with E-state index in [1.807, 2.05) is 61.5 Å². The zero-order chi connectivity index (χ0) is 19.7. The van der Waals surface area contributed by atoms with Crippen LogP contribution >= 0.6 is 0 Å². The molecule has 144 valence electrons. The van der Waals surface area contributed by atoms with Crippen LogP contribution in [0.15, 0.2) is 54.6 Å². The maximum Gasteiger partial charge on any atom is 0.227 e. The first kappa shape index (κ1) is 18.2. The molecule has 2 atom stereocenters. The van der Waals surface area contributed by atoms with Crippen LogP contribution in [0.25, 0.3) is 11.0 Å². The van der Waals surface area contributed by atoms with Crippen LogP contribution in [0.2, 0.25) is 0 Å². The second-order valence-corrected chi connectivity index (χ2v) is 7.17. The molecule has 0 aliphatic carbocycles. The number of amides is 2. The van der Waals surface area contributed by atoms with Crippen LogP contribution in [0.1, 0.15) is 32.1 Å². The highest BCUT2D eigenvalue weighted by atomic mass is 16.2. The maximum atomic E-state index is 12.8. The average molecular weight is 376 g/mol. The first-order chi connectivity index (χ1) is 13.6. The van der Waals surface area contributed by atoms with Crippen LogP contribution in [0, 0.1) is 5.92 Å². The lowest BCUT2D eigenvalue weighted by Crippen LogP contribution is -2.35. The molecule has 6 heteroatoms. The number of rotatable bonds is 5. The summed E-state index contributed by atoms with van der Waals surface area (Å²) in [5, 5.41) is 3.07. The topological polar surface area (TPSA) is 67.2 Å². The monoisotopic (exact) mass is 376 g/mol. The average Bonchev–Trinajstić information content (AvgIpc) is 3.29. The normalized spacial score (nSPS) is 17.9. The van der Waals surface area contributed by atoms with Crippen LogP contribution in [-0.4, -0.2) is 27.9 Å². The van der Waals surface area contributed by atoms with Crippen molar-refractivity contribution in [1.82, 2.24) is 14.9 Å². The Bertz CT molecular complexity index is 1010. The Morgan fingerprint density at radius 2 is 1.89 bits per heavy atom. The maximum absolute atomic E-state index is 12.8. The lowest BCUT2D eigenvalue weighted by Gasteiger charge is -2.19. The van der Waals surface area contributed by atoms with Crippen LogP contribution in [0.4, 0.5) is 5.69 Å². The minimum Gasteiger partial charge on any atom is -0.346 e. The number of aryl methyl sites for hydroxylation is 1. The highest BCUT2D eigenvalue weighted by molar-refractivity contribution is 6.00. The van der Waals surface area contributed by atoms with E-state index in [0.29, 0.717) is 6.54 Å². The summed E-state index contributed by atoms with van der Waals surface area (Å²) in [5.41, 5.74) is 2.82. The van der Waals surface area contributed by atoms with E-state index in [9.17, 15) is 9.59 Å². The molecule has 2 heterocycles. The summed E-state index contributed by atoms with van der Waals surface area (Å²) in [6.07, 6.45) is 0.234. The van der Waals surface area contributed by atoms with Crippen molar-refractivity contribution in [2.75, 3.05) is 11.4 Å². The van der Waals surface area contributed by atoms with E-state index in [-0.39, 0.29) is 30.2 Å².